The summed E-state index contributed by atoms with van der Waals surface area (Å²) in [6.45, 7) is 3.87. The molecule has 27 heavy (non-hydrogen) atoms. The van der Waals surface area contributed by atoms with Crippen LogP contribution in [0.3, 0.4) is 0 Å². The van der Waals surface area contributed by atoms with E-state index in [1.54, 1.807) is 18.4 Å². The first-order chi connectivity index (χ1) is 13.0. The molecule has 0 saturated carbocycles. The summed E-state index contributed by atoms with van der Waals surface area (Å²) in [5.74, 6) is -0.952. The second kappa shape index (κ2) is 8.06. The molecule has 1 aliphatic rings. The number of Topliss-reactive ketones (excluding diaryl/α,β-unsaturated/α-hetero) is 1. The summed E-state index contributed by atoms with van der Waals surface area (Å²) >= 11 is 1.61. The number of carbonyl (C=O) groups excluding carboxylic acids is 2. The molecular weight excluding hydrogens is 362 g/mol. The SMILES string of the molecule is COCCC1=C(C(=O)OC)C(c2csc3ccccc23)C(C(C)=O)=C(C)N1. The van der Waals surface area contributed by atoms with Gasteiger partial charge in [0.15, 0.2) is 5.78 Å². The number of carbonyl (C=O) groups is 2. The predicted molar refractivity (Wildman–Crippen MR) is 107 cm³/mol. The molecule has 1 aromatic carbocycles. The maximum atomic E-state index is 12.8. The lowest BCUT2D eigenvalue weighted by molar-refractivity contribution is -0.136. The van der Waals surface area contributed by atoms with Crippen LogP contribution in [0, 0.1) is 0 Å². The normalized spacial score (nSPS) is 17.3. The van der Waals surface area contributed by atoms with Gasteiger partial charge in [-0.3, -0.25) is 4.79 Å². The molecule has 6 heteroatoms. The number of benzene rings is 1. The number of ether oxygens (including phenoxy) is 2. The number of thiophene rings is 1. The number of nitrogens with one attached hydrogen (secondary N) is 1. The van der Waals surface area contributed by atoms with E-state index in [0.29, 0.717) is 24.2 Å². The van der Waals surface area contributed by atoms with Gasteiger partial charge in [0, 0.05) is 41.1 Å². The van der Waals surface area contributed by atoms with Gasteiger partial charge in [-0.25, -0.2) is 4.79 Å². The van der Waals surface area contributed by atoms with Crippen LogP contribution >= 0.6 is 11.3 Å². The molecule has 0 bridgehead atoms. The molecule has 2 heterocycles. The largest absolute Gasteiger partial charge is 0.466 e. The summed E-state index contributed by atoms with van der Waals surface area (Å²) in [5, 5.41) is 6.33. The van der Waals surface area contributed by atoms with E-state index in [9.17, 15) is 9.59 Å². The van der Waals surface area contributed by atoms with E-state index in [4.69, 9.17) is 9.47 Å². The Labute approximate surface area is 162 Å². The van der Waals surface area contributed by atoms with Gasteiger partial charge >= 0.3 is 5.97 Å². The molecule has 0 amide bonds. The van der Waals surface area contributed by atoms with Gasteiger partial charge in [0.25, 0.3) is 0 Å². The van der Waals surface area contributed by atoms with Crippen molar-refractivity contribution in [3.8, 4) is 0 Å². The van der Waals surface area contributed by atoms with Crippen LogP contribution in [-0.4, -0.2) is 32.6 Å². The zero-order chi connectivity index (χ0) is 19.6. The quantitative estimate of drug-likeness (QED) is 0.764. The maximum Gasteiger partial charge on any atom is 0.336 e. The van der Waals surface area contributed by atoms with E-state index in [2.05, 4.69) is 5.32 Å². The van der Waals surface area contributed by atoms with Crippen LogP contribution in [0.4, 0.5) is 0 Å². The van der Waals surface area contributed by atoms with Gasteiger partial charge in [0.2, 0.25) is 0 Å². The number of ketones is 1. The van der Waals surface area contributed by atoms with Gasteiger partial charge in [0.1, 0.15) is 0 Å². The molecular formula is C21H23NO4S. The van der Waals surface area contributed by atoms with Crippen molar-refractivity contribution < 1.29 is 19.1 Å². The summed E-state index contributed by atoms with van der Waals surface area (Å²) in [6.07, 6.45) is 0.530. The number of allylic oxidation sites excluding steroid dienone is 2. The van der Waals surface area contributed by atoms with Crippen LogP contribution in [0.5, 0.6) is 0 Å². The predicted octanol–water partition coefficient (Wildman–Crippen LogP) is 3.91. The van der Waals surface area contributed by atoms with Crippen LogP contribution in [-0.2, 0) is 19.1 Å². The number of dihydropyridines is 1. The first-order valence-electron chi connectivity index (χ1n) is 8.74. The van der Waals surface area contributed by atoms with Crippen molar-refractivity contribution in [3.05, 3.63) is 57.7 Å². The highest BCUT2D eigenvalue weighted by molar-refractivity contribution is 7.17. The molecule has 1 aliphatic heterocycles. The lowest BCUT2D eigenvalue weighted by Gasteiger charge is -2.31. The van der Waals surface area contributed by atoms with Crippen LogP contribution in [0.2, 0.25) is 0 Å². The van der Waals surface area contributed by atoms with E-state index >= 15 is 0 Å². The second-order valence-electron chi connectivity index (χ2n) is 6.47. The molecule has 3 rings (SSSR count). The fraction of sp³-hybridized carbons (Fsp3) is 0.333. The van der Waals surface area contributed by atoms with Crippen molar-refractivity contribution >= 4 is 33.2 Å². The molecule has 5 nitrogen and oxygen atoms in total. The molecule has 0 saturated heterocycles. The molecule has 1 atom stereocenters. The highest BCUT2D eigenvalue weighted by atomic mass is 32.1. The van der Waals surface area contributed by atoms with Crippen molar-refractivity contribution in [2.75, 3.05) is 20.8 Å². The van der Waals surface area contributed by atoms with Crippen molar-refractivity contribution in [1.29, 1.82) is 0 Å². The Morgan fingerprint density at radius 2 is 1.93 bits per heavy atom. The van der Waals surface area contributed by atoms with E-state index in [1.807, 2.05) is 36.6 Å². The first kappa shape index (κ1) is 19.3. The van der Waals surface area contributed by atoms with E-state index in [1.165, 1.54) is 14.0 Å². The topological polar surface area (TPSA) is 64.6 Å². The maximum absolute atomic E-state index is 12.8. The van der Waals surface area contributed by atoms with Gasteiger partial charge in [-0.05, 0) is 36.2 Å². The molecule has 0 spiro atoms. The van der Waals surface area contributed by atoms with Gasteiger partial charge in [-0.2, -0.15) is 0 Å². The minimum absolute atomic E-state index is 0.0625. The molecule has 1 unspecified atom stereocenters. The number of hydrogen-bond acceptors (Lipinski definition) is 6. The van der Waals surface area contributed by atoms with Gasteiger partial charge in [0.05, 0.1) is 19.3 Å². The molecule has 2 aromatic rings. The van der Waals surface area contributed by atoms with Crippen LogP contribution in [0.15, 0.2) is 52.2 Å². The number of esters is 1. The fourth-order valence-electron chi connectivity index (χ4n) is 3.65. The number of fused-ring (bicyclic) bond motifs is 1. The third-order valence-corrected chi connectivity index (χ3v) is 5.79. The zero-order valence-electron chi connectivity index (χ0n) is 15.9. The number of hydrogen-bond donors (Lipinski definition) is 1. The highest BCUT2D eigenvalue weighted by Crippen LogP contribution is 2.44. The molecule has 1 N–H and O–H groups in total. The summed E-state index contributed by atoms with van der Waals surface area (Å²) in [5.41, 5.74) is 3.54. The Morgan fingerprint density at radius 3 is 2.59 bits per heavy atom. The third-order valence-electron chi connectivity index (χ3n) is 4.81. The van der Waals surface area contributed by atoms with Gasteiger partial charge < -0.3 is 14.8 Å². The van der Waals surface area contributed by atoms with Gasteiger partial charge in [-0.15, -0.1) is 11.3 Å². The monoisotopic (exact) mass is 385 g/mol. The van der Waals surface area contributed by atoms with Crippen molar-refractivity contribution in [2.24, 2.45) is 0 Å². The molecule has 142 valence electrons. The Hall–Kier alpha value is -2.44. The Bertz CT molecular complexity index is 954. The third kappa shape index (κ3) is 3.55. The fourth-order valence-corrected chi connectivity index (χ4v) is 4.64. The first-order valence-corrected chi connectivity index (χ1v) is 9.62. The average Bonchev–Trinajstić information content (AvgIpc) is 3.08. The number of methoxy groups -OCH3 is 2. The minimum atomic E-state index is -0.459. The van der Waals surface area contributed by atoms with Crippen LogP contribution < -0.4 is 5.32 Å². The summed E-state index contributed by atoms with van der Waals surface area (Å²) in [7, 11) is 2.99. The number of rotatable bonds is 6. The van der Waals surface area contributed by atoms with Gasteiger partial charge in [-0.1, -0.05) is 18.2 Å². The standard InChI is InChI=1S/C21H23NO4S/c1-12-18(13(2)23)19(15-11-27-17-8-6-5-7-14(15)17)20(21(24)26-4)16(22-12)9-10-25-3/h5-8,11,19,22H,9-10H2,1-4H3. The summed E-state index contributed by atoms with van der Waals surface area (Å²) in [4.78, 5) is 25.3. The minimum Gasteiger partial charge on any atom is -0.466 e. The lowest BCUT2D eigenvalue weighted by Crippen LogP contribution is -2.32. The Kier molecular flexibility index (Phi) is 5.77. The Morgan fingerprint density at radius 1 is 1.19 bits per heavy atom. The molecule has 0 radical (unpaired) electrons. The molecule has 1 aromatic heterocycles. The second-order valence-corrected chi connectivity index (χ2v) is 7.38. The average molecular weight is 385 g/mol. The Balaban J connectivity index is 2.27. The summed E-state index contributed by atoms with van der Waals surface area (Å²) < 4.78 is 11.4. The zero-order valence-corrected chi connectivity index (χ0v) is 16.7. The lowest BCUT2D eigenvalue weighted by atomic mass is 9.78. The van der Waals surface area contributed by atoms with Crippen LogP contribution in [0.1, 0.15) is 31.7 Å². The van der Waals surface area contributed by atoms with Crippen molar-refractivity contribution in [1.82, 2.24) is 5.32 Å². The van der Waals surface area contributed by atoms with E-state index in [-0.39, 0.29) is 5.78 Å². The highest BCUT2D eigenvalue weighted by Gasteiger charge is 2.37. The van der Waals surface area contributed by atoms with Crippen molar-refractivity contribution in [2.45, 2.75) is 26.2 Å². The molecule has 0 aliphatic carbocycles. The summed E-state index contributed by atoms with van der Waals surface area (Å²) in [6, 6.07) is 8.03. The molecule has 0 fully saturated rings. The van der Waals surface area contributed by atoms with E-state index in [0.717, 1.165) is 27.0 Å². The van der Waals surface area contributed by atoms with Crippen molar-refractivity contribution in [3.63, 3.8) is 0 Å². The smallest absolute Gasteiger partial charge is 0.336 e. The van der Waals surface area contributed by atoms with Crippen LogP contribution in [0.25, 0.3) is 10.1 Å². The van der Waals surface area contributed by atoms with E-state index < -0.39 is 11.9 Å².